The van der Waals surface area contributed by atoms with E-state index >= 15 is 0 Å². The molecule has 3 heterocycles. The van der Waals surface area contributed by atoms with Crippen molar-refractivity contribution >= 4 is 29.5 Å². The van der Waals surface area contributed by atoms with Gasteiger partial charge in [-0.15, -0.1) is 11.3 Å². The van der Waals surface area contributed by atoms with Gasteiger partial charge in [-0.3, -0.25) is 14.2 Å². The van der Waals surface area contributed by atoms with Crippen molar-refractivity contribution in [2.45, 2.75) is 59.1 Å². The van der Waals surface area contributed by atoms with Crippen LogP contribution in [0.25, 0.3) is 12.2 Å². The average molecular weight is 483 g/mol. The lowest BCUT2D eigenvalue weighted by Crippen LogP contribution is -2.53. The molecule has 0 aliphatic rings. The van der Waals surface area contributed by atoms with Gasteiger partial charge in [0, 0.05) is 21.6 Å². The predicted octanol–water partition coefficient (Wildman–Crippen LogP) is 2.17. The molecule has 0 aliphatic heterocycles. The highest BCUT2D eigenvalue weighted by atomic mass is 32.1. The predicted molar refractivity (Wildman–Crippen MR) is 134 cm³/mol. The summed E-state index contributed by atoms with van der Waals surface area (Å²) in [6, 6.07) is 3.68. The summed E-state index contributed by atoms with van der Waals surface area (Å²) in [5.41, 5.74) is -0.476. The molecule has 0 fully saturated rings. The molecular weight excluding hydrogens is 452 g/mol. The topological polar surface area (TPSA) is 110 Å². The molecule has 3 rings (SSSR count). The molecule has 3 aromatic rings. The SMILES string of the molecule is C=C(Cn1c(=O)/c(=C/c2nc[nH]c2C(C)(C)C)[nH]c(=O)/c1=C/c1cccs1)C(=O)OC(C)(C)C. The number of aromatic nitrogens is 4. The van der Waals surface area contributed by atoms with E-state index in [2.05, 4.69) is 21.5 Å². The molecule has 0 amide bonds. The molecule has 0 saturated carbocycles. The second-order valence-corrected chi connectivity index (χ2v) is 10.9. The molecule has 0 unspecified atom stereocenters. The molecule has 2 N–H and O–H groups in total. The number of nitrogens with one attached hydrogen (secondary N) is 2. The highest BCUT2D eigenvalue weighted by Crippen LogP contribution is 2.22. The van der Waals surface area contributed by atoms with E-state index in [4.69, 9.17) is 4.74 Å². The van der Waals surface area contributed by atoms with E-state index in [0.717, 1.165) is 10.6 Å². The van der Waals surface area contributed by atoms with Gasteiger partial charge in [0.1, 0.15) is 16.3 Å². The van der Waals surface area contributed by atoms with Crippen molar-refractivity contribution in [2.75, 3.05) is 0 Å². The van der Waals surface area contributed by atoms with Crippen LogP contribution in [0.1, 0.15) is 57.8 Å². The van der Waals surface area contributed by atoms with Gasteiger partial charge in [0.15, 0.2) is 0 Å². The number of carbonyl (C=O) groups is 1. The van der Waals surface area contributed by atoms with Crippen molar-refractivity contribution in [1.82, 2.24) is 19.5 Å². The summed E-state index contributed by atoms with van der Waals surface area (Å²) in [5, 5.41) is 2.05. The van der Waals surface area contributed by atoms with Crippen LogP contribution < -0.4 is 21.8 Å². The Morgan fingerprint density at radius 3 is 2.50 bits per heavy atom. The largest absolute Gasteiger partial charge is 0.457 e. The molecule has 0 bridgehead atoms. The first kappa shape index (κ1) is 25.2. The molecule has 0 radical (unpaired) electrons. The van der Waals surface area contributed by atoms with Crippen LogP contribution in [0.4, 0.5) is 0 Å². The van der Waals surface area contributed by atoms with Crippen LogP contribution >= 0.6 is 11.3 Å². The maximum atomic E-state index is 13.5. The zero-order valence-corrected chi connectivity index (χ0v) is 21.1. The number of rotatable bonds is 5. The molecule has 3 aromatic heterocycles. The minimum absolute atomic E-state index is 0.0583. The molecule has 0 spiro atoms. The summed E-state index contributed by atoms with van der Waals surface area (Å²) >= 11 is 1.43. The van der Waals surface area contributed by atoms with E-state index in [1.54, 1.807) is 39.3 Å². The van der Waals surface area contributed by atoms with Gasteiger partial charge in [0.05, 0.1) is 18.6 Å². The second kappa shape index (κ2) is 9.42. The Morgan fingerprint density at radius 1 is 1.21 bits per heavy atom. The van der Waals surface area contributed by atoms with Gasteiger partial charge < -0.3 is 14.7 Å². The number of H-pyrrole nitrogens is 2. The van der Waals surface area contributed by atoms with E-state index in [1.807, 2.05) is 38.3 Å². The smallest absolute Gasteiger partial charge is 0.335 e. The average Bonchev–Trinajstić information content (AvgIpc) is 3.38. The number of imidazole rings is 1. The highest BCUT2D eigenvalue weighted by molar-refractivity contribution is 7.10. The van der Waals surface area contributed by atoms with Gasteiger partial charge in [-0.25, -0.2) is 9.78 Å². The van der Waals surface area contributed by atoms with E-state index in [-0.39, 0.29) is 28.2 Å². The van der Waals surface area contributed by atoms with E-state index in [9.17, 15) is 14.4 Å². The summed E-state index contributed by atoms with van der Waals surface area (Å²) in [6.45, 7) is 14.9. The van der Waals surface area contributed by atoms with Crippen LogP contribution in [-0.4, -0.2) is 31.1 Å². The van der Waals surface area contributed by atoms with Crippen molar-refractivity contribution in [3.8, 4) is 0 Å². The third kappa shape index (κ3) is 5.91. The van der Waals surface area contributed by atoms with Crippen molar-refractivity contribution in [3.05, 3.63) is 83.7 Å². The van der Waals surface area contributed by atoms with Gasteiger partial charge in [-0.2, -0.15) is 0 Å². The minimum atomic E-state index is -0.715. The second-order valence-electron chi connectivity index (χ2n) is 9.97. The van der Waals surface area contributed by atoms with E-state index in [0.29, 0.717) is 5.69 Å². The monoisotopic (exact) mass is 482 g/mol. The van der Waals surface area contributed by atoms with E-state index < -0.39 is 22.7 Å². The molecule has 0 aliphatic carbocycles. The van der Waals surface area contributed by atoms with Crippen LogP contribution in [0.3, 0.4) is 0 Å². The van der Waals surface area contributed by atoms with Crippen LogP contribution in [0, 0.1) is 0 Å². The summed E-state index contributed by atoms with van der Waals surface area (Å²) in [4.78, 5) is 50.0. The first-order valence-corrected chi connectivity index (χ1v) is 11.7. The number of esters is 1. The molecular formula is C25H30N4O4S. The molecule has 0 atom stereocenters. The lowest BCUT2D eigenvalue weighted by atomic mass is 9.90. The molecule has 8 nitrogen and oxygen atoms in total. The van der Waals surface area contributed by atoms with Crippen molar-refractivity contribution in [3.63, 3.8) is 0 Å². The zero-order valence-electron chi connectivity index (χ0n) is 20.3. The first-order chi connectivity index (χ1) is 15.8. The third-order valence-electron chi connectivity index (χ3n) is 4.81. The number of hydrogen-bond donors (Lipinski definition) is 2. The lowest BCUT2D eigenvalue weighted by molar-refractivity contribution is -0.150. The van der Waals surface area contributed by atoms with E-state index in [1.165, 1.54) is 15.9 Å². The van der Waals surface area contributed by atoms with Crippen LogP contribution in [-0.2, 0) is 21.5 Å². The number of thiophene rings is 1. The van der Waals surface area contributed by atoms with Crippen LogP contribution in [0.2, 0.25) is 0 Å². The molecule has 9 heteroatoms. The minimum Gasteiger partial charge on any atom is -0.457 e. The molecule has 34 heavy (non-hydrogen) atoms. The lowest BCUT2D eigenvalue weighted by Gasteiger charge is -2.20. The first-order valence-electron chi connectivity index (χ1n) is 10.8. The Morgan fingerprint density at radius 2 is 1.91 bits per heavy atom. The van der Waals surface area contributed by atoms with Gasteiger partial charge in [0.2, 0.25) is 0 Å². The molecule has 180 valence electrons. The standard InChI is InChI=1S/C25H30N4O4S/c1-15(23(32)33-25(5,6)7)13-29-19(11-16-9-8-10-34-16)21(30)28-18(22(29)31)12-17-20(24(2,3)4)27-14-26-17/h8-12,14H,1,13H2,2-7H3,(H,26,27)(H,28,30)/b18-12-,19-11-. The van der Waals surface area contributed by atoms with Gasteiger partial charge in [0.25, 0.3) is 11.1 Å². The highest BCUT2D eigenvalue weighted by Gasteiger charge is 2.21. The van der Waals surface area contributed by atoms with Crippen LogP contribution in [0.5, 0.6) is 0 Å². The number of hydrogen-bond acceptors (Lipinski definition) is 6. The van der Waals surface area contributed by atoms with Crippen LogP contribution in [0.15, 0.2) is 45.6 Å². The fourth-order valence-corrected chi connectivity index (χ4v) is 3.93. The zero-order chi connectivity index (χ0) is 25.3. The van der Waals surface area contributed by atoms with Crippen molar-refractivity contribution in [2.24, 2.45) is 0 Å². The fourth-order valence-electron chi connectivity index (χ4n) is 3.28. The number of carbonyl (C=O) groups excluding carboxylic acids is 1. The number of nitrogens with zero attached hydrogens (tertiary/aromatic N) is 2. The maximum Gasteiger partial charge on any atom is 0.335 e. The molecule has 0 aromatic carbocycles. The summed E-state index contributed by atoms with van der Waals surface area (Å²) < 4.78 is 6.64. The number of aromatic amines is 2. The van der Waals surface area contributed by atoms with Crippen molar-refractivity contribution < 1.29 is 9.53 Å². The Labute approximate surface area is 201 Å². The maximum absolute atomic E-state index is 13.5. The van der Waals surface area contributed by atoms with Gasteiger partial charge >= 0.3 is 5.97 Å². The van der Waals surface area contributed by atoms with Gasteiger partial charge in [-0.1, -0.05) is 33.4 Å². The Hall–Kier alpha value is -3.46. The Balaban J connectivity index is 2.22. The fraction of sp³-hybridized carbons (Fsp3) is 0.360. The third-order valence-corrected chi connectivity index (χ3v) is 5.62. The summed E-state index contributed by atoms with van der Waals surface area (Å²) in [5.74, 6) is -0.630. The quantitative estimate of drug-likeness (QED) is 0.428. The molecule has 0 saturated heterocycles. The Bertz CT molecular complexity index is 1440. The Kier molecular flexibility index (Phi) is 6.97. The summed E-state index contributed by atoms with van der Waals surface area (Å²) in [6.07, 6.45) is 4.71. The summed E-state index contributed by atoms with van der Waals surface area (Å²) in [7, 11) is 0. The van der Waals surface area contributed by atoms with Gasteiger partial charge in [-0.05, 0) is 44.4 Å². The van der Waals surface area contributed by atoms with Crippen molar-refractivity contribution in [1.29, 1.82) is 0 Å². The number of ether oxygens (including phenoxy) is 1. The normalized spacial score (nSPS) is 13.4.